The summed E-state index contributed by atoms with van der Waals surface area (Å²) in [4.78, 5) is 2.31. The Hall–Kier alpha value is -0.900. The minimum absolute atomic E-state index is 0.306. The van der Waals surface area contributed by atoms with Crippen LogP contribution >= 0.6 is 0 Å². The minimum atomic E-state index is -0.685. The molecule has 0 aliphatic heterocycles. The summed E-state index contributed by atoms with van der Waals surface area (Å²) in [5.41, 5.74) is 1.38. The van der Waals surface area contributed by atoms with Crippen LogP contribution in [0.15, 0.2) is 30.3 Å². The zero-order chi connectivity index (χ0) is 14.3. The van der Waals surface area contributed by atoms with E-state index in [9.17, 15) is 0 Å². The Labute approximate surface area is 117 Å². The highest BCUT2D eigenvalue weighted by Gasteiger charge is 2.16. The van der Waals surface area contributed by atoms with E-state index in [0.717, 1.165) is 12.8 Å². The maximum Gasteiger partial charge on any atom is 0.151 e. The quantitative estimate of drug-likeness (QED) is 0.734. The van der Waals surface area contributed by atoms with Gasteiger partial charge in [-0.1, -0.05) is 30.3 Å². The average Bonchev–Trinajstić information content (AvgIpc) is 2.42. The lowest BCUT2D eigenvalue weighted by Gasteiger charge is -2.31. The van der Waals surface area contributed by atoms with Gasteiger partial charge in [0.1, 0.15) is 0 Å². The summed E-state index contributed by atoms with van der Waals surface area (Å²) in [6.07, 6.45) is 1.53. The van der Waals surface area contributed by atoms with Crippen molar-refractivity contribution in [2.45, 2.75) is 52.0 Å². The summed E-state index contributed by atoms with van der Waals surface area (Å²) >= 11 is 0. The van der Waals surface area contributed by atoms with E-state index in [1.165, 1.54) is 5.56 Å². The summed E-state index contributed by atoms with van der Waals surface area (Å²) < 4.78 is 5.25. The second-order valence-corrected chi connectivity index (χ2v) is 5.32. The van der Waals surface area contributed by atoms with Crippen LogP contribution in [-0.4, -0.2) is 42.0 Å². The van der Waals surface area contributed by atoms with Crippen LogP contribution < -0.4 is 0 Å². The first-order valence-electron chi connectivity index (χ1n) is 7.06. The SMILES string of the molecule is CC(O)OCC(C)N(C)C(C)CCc1ccccc1. The molecule has 3 unspecified atom stereocenters. The molecule has 0 aliphatic carbocycles. The maximum atomic E-state index is 9.13. The zero-order valence-electron chi connectivity index (χ0n) is 12.5. The highest BCUT2D eigenvalue weighted by Crippen LogP contribution is 2.11. The van der Waals surface area contributed by atoms with E-state index in [-0.39, 0.29) is 0 Å². The molecular formula is C16H27NO2. The highest BCUT2D eigenvalue weighted by molar-refractivity contribution is 5.14. The van der Waals surface area contributed by atoms with Gasteiger partial charge in [0.15, 0.2) is 6.29 Å². The average molecular weight is 265 g/mol. The predicted molar refractivity (Wildman–Crippen MR) is 79.1 cm³/mol. The number of likely N-dealkylation sites (N-methyl/N-ethyl adjacent to an activating group) is 1. The minimum Gasteiger partial charge on any atom is -0.368 e. The molecule has 1 rings (SSSR count). The largest absolute Gasteiger partial charge is 0.368 e. The second-order valence-electron chi connectivity index (χ2n) is 5.32. The number of ether oxygens (including phenoxy) is 1. The molecule has 3 atom stereocenters. The molecule has 19 heavy (non-hydrogen) atoms. The molecule has 1 aromatic carbocycles. The number of hydrogen-bond acceptors (Lipinski definition) is 3. The van der Waals surface area contributed by atoms with Gasteiger partial charge >= 0.3 is 0 Å². The maximum absolute atomic E-state index is 9.13. The van der Waals surface area contributed by atoms with Crippen LogP contribution in [0.4, 0.5) is 0 Å². The Morgan fingerprint density at radius 1 is 1.11 bits per heavy atom. The van der Waals surface area contributed by atoms with Crippen LogP contribution in [0.3, 0.4) is 0 Å². The van der Waals surface area contributed by atoms with Crippen LogP contribution in [0.25, 0.3) is 0 Å². The van der Waals surface area contributed by atoms with E-state index in [2.05, 4.69) is 56.1 Å². The monoisotopic (exact) mass is 265 g/mol. The lowest BCUT2D eigenvalue weighted by Crippen LogP contribution is -2.40. The fourth-order valence-electron chi connectivity index (χ4n) is 2.05. The third-order valence-corrected chi connectivity index (χ3v) is 3.66. The summed E-state index contributed by atoms with van der Waals surface area (Å²) in [7, 11) is 2.12. The predicted octanol–water partition coefficient (Wildman–Crippen LogP) is 2.68. The van der Waals surface area contributed by atoms with Gasteiger partial charge in [-0.2, -0.15) is 0 Å². The number of aliphatic hydroxyl groups excluding tert-OH is 1. The first-order valence-corrected chi connectivity index (χ1v) is 7.06. The van der Waals surface area contributed by atoms with E-state index in [4.69, 9.17) is 9.84 Å². The number of aliphatic hydroxyl groups is 1. The molecule has 0 aromatic heterocycles. The van der Waals surface area contributed by atoms with E-state index in [0.29, 0.717) is 18.7 Å². The van der Waals surface area contributed by atoms with Gasteiger partial charge in [-0.25, -0.2) is 0 Å². The fourth-order valence-corrected chi connectivity index (χ4v) is 2.05. The molecule has 0 bridgehead atoms. The lowest BCUT2D eigenvalue weighted by atomic mass is 10.0. The molecule has 3 nitrogen and oxygen atoms in total. The van der Waals surface area contributed by atoms with Gasteiger partial charge in [0.2, 0.25) is 0 Å². The van der Waals surface area contributed by atoms with Gasteiger partial charge in [0, 0.05) is 12.1 Å². The topological polar surface area (TPSA) is 32.7 Å². The number of benzene rings is 1. The first kappa shape index (κ1) is 16.2. The standard InChI is InChI=1S/C16H27NO2/c1-13(10-11-16-8-6-5-7-9-16)17(4)14(2)12-19-15(3)18/h5-9,13-15,18H,10-12H2,1-4H3. The Kier molecular flexibility index (Phi) is 7.06. The van der Waals surface area contributed by atoms with Gasteiger partial charge in [-0.15, -0.1) is 0 Å². The molecule has 1 aromatic rings. The molecule has 1 N–H and O–H groups in total. The van der Waals surface area contributed by atoms with Gasteiger partial charge in [-0.05, 0) is 46.2 Å². The number of hydrogen-bond donors (Lipinski definition) is 1. The Balaban J connectivity index is 2.33. The van der Waals surface area contributed by atoms with Gasteiger partial charge in [0.05, 0.1) is 6.61 Å². The van der Waals surface area contributed by atoms with E-state index in [1.54, 1.807) is 6.92 Å². The normalized spacial score (nSPS) is 16.3. The zero-order valence-corrected chi connectivity index (χ0v) is 12.5. The Morgan fingerprint density at radius 2 is 1.74 bits per heavy atom. The summed E-state index contributed by atoms with van der Waals surface area (Å²) in [5.74, 6) is 0. The summed E-state index contributed by atoms with van der Waals surface area (Å²) in [6, 6.07) is 11.4. The van der Waals surface area contributed by atoms with Crippen molar-refractivity contribution < 1.29 is 9.84 Å². The van der Waals surface area contributed by atoms with Crippen LogP contribution in [0, 0.1) is 0 Å². The van der Waals surface area contributed by atoms with E-state index < -0.39 is 6.29 Å². The van der Waals surface area contributed by atoms with Crippen molar-refractivity contribution in [1.29, 1.82) is 0 Å². The van der Waals surface area contributed by atoms with Crippen molar-refractivity contribution in [2.24, 2.45) is 0 Å². The second kappa shape index (κ2) is 8.31. The number of aryl methyl sites for hydroxylation is 1. The molecule has 0 fully saturated rings. The molecule has 108 valence electrons. The van der Waals surface area contributed by atoms with E-state index in [1.807, 2.05) is 0 Å². The van der Waals surface area contributed by atoms with E-state index >= 15 is 0 Å². The third kappa shape index (κ3) is 6.19. The van der Waals surface area contributed by atoms with Crippen molar-refractivity contribution in [3.8, 4) is 0 Å². The highest BCUT2D eigenvalue weighted by atomic mass is 16.6. The molecule has 0 aliphatic rings. The molecule has 0 amide bonds. The Bertz CT molecular complexity index is 340. The Morgan fingerprint density at radius 3 is 2.32 bits per heavy atom. The van der Waals surface area contributed by atoms with Crippen molar-refractivity contribution in [1.82, 2.24) is 4.90 Å². The molecule has 0 heterocycles. The van der Waals surface area contributed by atoms with Gasteiger partial charge < -0.3 is 9.84 Å². The number of nitrogens with zero attached hydrogens (tertiary/aromatic N) is 1. The molecule has 3 heteroatoms. The summed E-state index contributed by atoms with van der Waals surface area (Å²) in [6.45, 7) is 6.57. The van der Waals surface area contributed by atoms with Crippen molar-refractivity contribution in [2.75, 3.05) is 13.7 Å². The first-order chi connectivity index (χ1) is 9.00. The molecule has 0 radical (unpaired) electrons. The number of rotatable bonds is 8. The van der Waals surface area contributed by atoms with Crippen molar-refractivity contribution in [3.05, 3.63) is 35.9 Å². The summed E-state index contributed by atoms with van der Waals surface area (Å²) in [5, 5.41) is 9.13. The smallest absolute Gasteiger partial charge is 0.151 e. The van der Waals surface area contributed by atoms with Crippen LogP contribution in [-0.2, 0) is 11.2 Å². The van der Waals surface area contributed by atoms with Crippen LogP contribution in [0.5, 0.6) is 0 Å². The van der Waals surface area contributed by atoms with Crippen LogP contribution in [0.1, 0.15) is 32.8 Å². The van der Waals surface area contributed by atoms with Gasteiger partial charge in [-0.3, -0.25) is 4.90 Å². The molecular weight excluding hydrogens is 238 g/mol. The van der Waals surface area contributed by atoms with Crippen LogP contribution in [0.2, 0.25) is 0 Å². The molecule has 0 saturated carbocycles. The molecule has 0 spiro atoms. The van der Waals surface area contributed by atoms with Crippen molar-refractivity contribution >= 4 is 0 Å². The molecule has 0 saturated heterocycles. The lowest BCUT2D eigenvalue weighted by molar-refractivity contribution is -0.100. The fraction of sp³-hybridized carbons (Fsp3) is 0.625. The third-order valence-electron chi connectivity index (χ3n) is 3.66. The van der Waals surface area contributed by atoms with Gasteiger partial charge in [0.25, 0.3) is 0 Å². The van der Waals surface area contributed by atoms with Crippen molar-refractivity contribution in [3.63, 3.8) is 0 Å².